The van der Waals surface area contributed by atoms with Crippen molar-refractivity contribution in [2.24, 2.45) is 4.99 Å². The van der Waals surface area contributed by atoms with E-state index in [4.69, 9.17) is 19.2 Å². The van der Waals surface area contributed by atoms with E-state index in [1.807, 2.05) is 13.8 Å². The molecule has 30 heavy (non-hydrogen) atoms. The van der Waals surface area contributed by atoms with E-state index in [1.54, 1.807) is 0 Å². The summed E-state index contributed by atoms with van der Waals surface area (Å²) in [6.45, 7) is 12.5. The molecule has 1 heterocycles. The first-order valence-corrected chi connectivity index (χ1v) is 11.1. The van der Waals surface area contributed by atoms with E-state index in [0.717, 1.165) is 83.5 Å². The van der Waals surface area contributed by atoms with Gasteiger partial charge in [0.2, 0.25) is 0 Å². The Labute approximate surface area is 199 Å². The number of guanidine groups is 1. The molecular weight excluding hydrogens is 493 g/mol. The summed E-state index contributed by atoms with van der Waals surface area (Å²) in [7, 11) is 0. The third-order valence-corrected chi connectivity index (χ3v) is 5.32. The van der Waals surface area contributed by atoms with E-state index < -0.39 is 0 Å². The zero-order chi connectivity index (χ0) is 20.8. The molecule has 1 aliphatic heterocycles. The van der Waals surface area contributed by atoms with E-state index >= 15 is 0 Å². The number of benzene rings is 1. The molecule has 172 valence electrons. The van der Waals surface area contributed by atoms with Crippen molar-refractivity contribution in [3.8, 4) is 5.75 Å². The third kappa shape index (κ3) is 8.98. The fraction of sp³-hybridized carbons (Fsp3) is 0.696. The fourth-order valence-electron chi connectivity index (χ4n) is 3.62. The Morgan fingerprint density at radius 1 is 1.03 bits per heavy atom. The average Bonchev–Trinajstić information content (AvgIpc) is 2.76. The first-order valence-electron chi connectivity index (χ1n) is 11.1. The smallest absolute Gasteiger partial charge is 0.191 e. The highest BCUT2D eigenvalue weighted by atomic mass is 127. The topological polar surface area (TPSA) is 64.1 Å². The summed E-state index contributed by atoms with van der Waals surface area (Å²) >= 11 is 0. The van der Waals surface area contributed by atoms with Gasteiger partial charge in [-0.2, -0.15) is 0 Å². The Bertz CT molecular complexity index is 590. The van der Waals surface area contributed by atoms with Gasteiger partial charge in [-0.3, -0.25) is 4.99 Å². The van der Waals surface area contributed by atoms with Crippen LogP contribution in [0.1, 0.15) is 52.0 Å². The molecule has 0 saturated carbocycles. The van der Waals surface area contributed by atoms with Crippen molar-refractivity contribution in [1.29, 1.82) is 0 Å². The van der Waals surface area contributed by atoms with E-state index in [1.165, 1.54) is 5.56 Å². The Hall–Kier alpha value is -1.06. The maximum absolute atomic E-state index is 5.66. The van der Waals surface area contributed by atoms with Gasteiger partial charge >= 0.3 is 0 Å². The number of hydrogen-bond acceptors (Lipinski definition) is 4. The second kappa shape index (κ2) is 15.7. The molecular formula is C23H40IN3O3. The van der Waals surface area contributed by atoms with Crippen molar-refractivity contribution in [1.82, 2.24) is 10.6 Å². The van der Waals surface area contributed by atoms with Crippen LogP contribution in [0.5, 0.6) is 5.75 Å². The van der Waals surface area contributed by atoms with Gasteiger partial charge in [0.25, 0.3) is 0 Å². The summed E-state index contributed by atoms with van der Waals surface area (Å²) in [6, 6.07) is 8.53. The van der Waals surface area contributed by atoms with Crippen LogP contribution in [0.15, 0.2) is 29.3 Å². The standard InChI is InChI=1S/C23H39N3O3.HI/c1-4-24-22(25-15-7-8-16-27-5-2)26-19-23(13-17-28-18-14-23)20-9-11-21(12-10-20)29-6-3;/h9-12H,4-8,13-19H2,1-3H3,(H2,24,25,26);1H. The van der Waals surface area contributed by atoms with Crippen LogP contribution in [0, 0.1) is 0 Å². The zero-order valence-corrected chi connectivity index (χ0v) is 21.2. The Kier molecular flexibility index (Phi) is 14.1. The number of ether oxygens (including phenoxy) is 3. The lowest BCUT2D eigenvalue weighted by molar-refractivity contribution is 0.0531. The highest BCUT2D eigenvalue weighted by Crippen LogP contribution is 2.36. The van der Waals surface area contributed by atoms with Crippen LogP contribution in [0.4, 0.5) is 0 Å². The van der Waals surface area contributed by atoms with Gasteiger partial charge in [0.15, 0.2) is 5.96 Å². The van der Waals surface area contributed by atoms with Crippen molar-refractivity contribution >= 4 is 29.9 Å². The fourth-order valence-corrected chi connectivity index (χ4v) is 3.62. The number of halogens is 1. The van der Waals surface area contributed by atoms with Crippen LogP contribution in [0.2, 0.25) is 0 Å². The Morgan fingerprint density at radius 2 is 1.77 bits per heavy atom. The SMILES string of the molecule is CCNC(=NCC1(c2ccc(OCC)cc2)CCOCC1)NCCCCOCC.I. The Morgan fingerprint density at radius 3 is 2.40 bits per heavy atom. The van der Waals surface area contributed by atoms with Crippen LogP contribution >= 0.6 is 24.0 Å². The first kappa shape index (κ1) is 27.0. The maximum Gasteiger partial charge on any atom is 0.191 e. The minimum atomic E-state index is 0. The van der Waals surface area contributed by atoms with Crippen LogP contribution in [-0.2, 0) is 14.9 Å². The molecule has 0 amide bonds. The van der Waals surface area contributed by atoms with E-state index in [-0.39, 0.29) is 29.4 Å². The summed E-state index contributed by atoms with van der Waals surface area (Å²) in [4.78, 5) is 4.95. The van der Waals surface area contributed by atoms with E-state index in [9.17, 15) is 0 Å². The quantitative estimate of drug-likeness (QED) is 0.183. The molecule has 0 aromatic heterocycles. The molecule has 0 atom stereocenters. The summed E-state index contributed by atoms with van der Waals surface area (Å²) in [5.74, 6) is 1.81. The summed E-state index contributed by atoms with van der Waals surface area (Å²) in [5, 5.41) is 6.84. The lowest BCUT2D eigenvalue weighted by Crippen LogP contribution is -2.41. The lowest BCUT2D eigenvalue weighted by Gasteiger charge is -2.36. The largest absolute Gasteiger partial charge is 0.494 e. The average molecular weight is 533 g/mol. The van der Waals surface area contributed by atoms with E-state index in [0.29, 0.717) is 6.61 Å². The number of nitrogens with zero attached hydrogens (tertiary/aromatic N) is 1. The minimum absolute atomic E-state index is 0. The van der Waals surface area contributed by atoms with Gasteiger partial charge in [0, 0.05) is 44.9 Å². The van der Waals surface area contributed by atoms with E-state index in [2.05, 4.69) is 41.8 Å². The molecule has 0 bridgehead atoms. The van der Waals surface area contributed by atoms with Crippen molar-refractivity contribution in [3.05, 3.63) is 29.8 Å². The summed E-state index contributed by atoms with van der Waals surface area (Å²) in [6.07, 6.45) is 4.10. The minimum Gasteiger partial charge on any atom is -0.494 e. The predicted octanol–water partition coefficient (Wildman–Crippen LogP) is 4.12. The van der Waals surface area contributed by atoms with Crippen molar-refractivity contribution in [2.45, 2.75) is 51.9 Å². The van der Waals surface area contributed by atoms with Crippen LogP contribution < -0.4 is 15.4 Å². The van der Waals surface area contributed by atoms with Crippen LogP contribution in [0.3, 0.4) is 0 Å². The van der Waals surface area contributed by atoms with Gasteiger partial charge in [-0.25, -0.2) is 0 Å². The third-order valence-electron chi connectivity index (χ3n) is 5.32. The lowest BCUT2D eigenvalue weighted by atomic mass is 9.74. The molecule has 0 radical (unpaired) electrons. The molecule has 1 aromatic rings. The second-order valence-electron chi connectivity index (χ2n) is 7.38. The highest BCUT2D eigenvalue weighted by molar-refractivity contribution is 14.0. The predicted molar refractivity (Wildman–Crippen MR) is 134 cm³/mol. The molecule has 0 aliphatic carbocycles. The van der Waals surface area contributed by atoms with Crippen LogP contribution in [0.25, 0.3) is 0 Å². The molecule has 0 unspecified atom stereocenters. The second-order valence-corrected chi connectivity index (χ2v) is 7.38. The zero-order valence-electron chi connectivity index (χ0n) is 18.9. The number of unbranched alkanes of at least 4 members (excludes halogenated alkanes) is 1. The number of hydrogen-bond donors (Lipinski definition) is 2. The van der Waals surface area contributed by atoms with Gasteiger partial charge < -0.3 is 24.8 Å². The van der Waals surface area contributed by atoms with Crippen molar-refractivity contribution in [2.75, 3.05) is 52.7 Å². The summed E-state index contributed by atoms with van der Waals surface area (Å²) < 4.78 is 16.7. The molecule has 2 N–H and O–H groups in total. The molecule has 6 nitrogen and oxygen atoms in total. The molecule has 1 saturated heterocycles. The molecule has 0 spiro atoms. The van der Waals surface area contributed by atoms with Crippen molar-refractivity contribution < 1.29 is 14.2 Å². The number of rotatable bonds is 12. The van der Waals surface area contributed by atoms with Crippen molar-refractivity contribution in [3.63, 3.8) is 0 Å². The summed E-state index contributed by atoms with van der Waals surface area (Å²) in [5.41, 5.74) is 1.33. The molecule has 2 rings (SSSR count). The Balaban J connectivity index is 0.00000450. The van der Waals surface area contributed by atoms with Gasteiger partial charge in [-0.1, -0.05) is 12.1 Å². The molecule has 1 aliphatic rings. The monoisotopic (exact) mass is 533 g/mol. The van der Waals surface area contributed by atoms with Gasteiger partial charge in [0.05, 0.1) is 13.2 Å². The van der Waals surface area contributed by atoms with Gasteiger partial charge in [0.1, 0.15) is 5.75 Å². The van der Waals surface area contributed by atoms with Gasteiger partial charge in [-0.05, 0) is 64.2 Å². The number of nitrogens with one attached hydrogen (secondary N) is 2. The highest BCUT2D eigenvalue weighted by Gasteiger charge is 2.34. The normalized spacial score (nSPS) is 15.9. The maximum atomic E-state index is 5.66. The first-order chi connectivity index (χ1) is 14.2. The molecule has 1 aromatic carbocycles. The number of aliphatic imine (C=N–C) groups is 1. The molecule has 7 heteroatoms. The van der Waals surface area contributed by atoms with Crippen LogP contribution in [-0.4, -0.2) is 58.6 Å². The molecule has 1 fully saturated rings. The van der Waals surface area contributed by atoms with Gasteiger partial charge in [-0.15, -0.1) is 24.0 Å².